The summed E-state index contributed by atoms with van der Waals surface area (Å²) in [5.41, 5.74) is 3.18. The van der Waals surface area contributed by atoms with Crippen molar-refractivity contribution in [1.82, 2.24) is 4.98 Å². The van der Waals surface area contributed by atoms with Gasteiger partial charge in [-0.05, 0) is 72.3 Å². The van der Waals surface area contributed by atoms with Crippen molar-refractivity contribution in [2.75, 3.05) is 17.3 Å². The number of ketones is 1. The molecule has 0 unspecified atom stereocenters. The highest BCUT2D eigenvalue weighted by Crippen LogP contribution is 2.25. The van der Waals surface area contributed by atoms with Crippen LogP contribution in [0.2, 0.25) is 5.02 Å². The molecule has 35 heavy (non-hydrogen) atoms. The van der Waals surface area contributed by atoms with E-state index >= 15 is 0 Å². The van der Waals surface area contributed by atoms with E-state index in [2.05, 4.69) is 10.3 Å². The van der Waals surface area contributed by atoms with E-state index in [1.54, 1.807) is 54.7 Å². The zero-order valence-corrected chi connectivity index (χ0v) is 19.5. The maximum absolute atomic E-state index is 13.1. The number of carboxylic acid groups (broad SMARTS) is 1. The first-order valence-electron chi connectivity index (χ1n) is 10.7. The number of halogens is 2. The van der Waals surface area contributed by atoms with Crippen molar-refractivity contribution < 1.29 is 19.1 Å². The lowest BCUT2D eigenvalue weighted by atomic mass is 10.0. The van der Waals surface area contributed by atoms with Gasteiger partial charge in [0.05, 0.1) is 17.4 Å². The van der Waals surface area contributed by atoms with E-state index in [-0.39, 0.29) is 22.6 Å². The molecular formula is C27H21ClFN3O3. The SMILES string of the molecule is CN(c1ccc(Cl)cc1)c1ccc(C(=O)c2ccc(NCc3ccc(F)cc3)c(C(=O)O)c2)nc1. The Balaban J connectivity index is 1.51. The van der Waals surface area contributed by atoms with Crippen LogP contribution in [-0.4, -0.2) is 28.9 Å². The molecule has 8 heteroatoms. The predicted molar refractivity (Wildman–Crippen MR) is 134 cm³/mol. The first-order chi connectivity index (χ1) is 16.8. The highest BCUT2D eigenvalue weighted by atomic mass is 35.5. The van der Waals surface area contributed by atoms with Gasteiger partial charge in [-0.3, -0.25) is 9.78 Å². The summed E-state index contributed by atoms with van der Waals surface area (Å²) in [6.45, 7) is 0.304. The smallest absolute Gasteiger partial charge is 0.337 e. The lowest BCUT2D eigenvalue weighted by molar-refractivity contribution is 0.0698. The average Bonchev–Trinajstić information content (AvgIpc) is 2.88. The van der Waals surface area contributed by atoms with Gasteiger partial charge in [0, 0.05) is 35.6 Å². The number of hydrogen-bond acceptors (Lipinski definition) is 5. The van der Waals surface area contributed by atoms with Gasteiger partial charge in [-0.1, -0.05) is 23.7 Å². The fourth-order valence-corrected chi connectivity index (χ4v) is 3.62. The third-order valence-electron chi connectivity index (χ3n) is 5.49. The van der Waals surface area contributed by atoms with Crippen molar-refractivity contribution in [3.05, 3.63) is 118 Å². The average molecular weight is 490 g/mol. The number of rotatable bonds is 8. The maximum atomic E-state index is 13.1. The van der Waals surface area contributed by atoms with Crippen LogP contribution >= 0.6 is 11.6 Å². The summed E-state index contributed by atoms with van der Waals surface area (Å²) in [4.78, 5) is 31.0. The first-order valence-corrected chi connectivity index (χ1v) is 11.1. The molecule has 0 aliphatic rings. The number of carbonyl (C=O) groups excluding carboxylic acids is 1. The van der Waals surface area contributed by atoms with Crippen molar-refractivity contribution >= 4 is 40.4 Å². The number of anilines is 3. The first kappa shape index (κ1) is 23.9. The van der Waals surface area contributed by atoms with E-state index in [4.69, 9.17) is 11.6 Å². The van der Waals surface area contributed by atoms with Gasteiger partial charge in [-0.2, -0.15) is 0 Å². The molecule has 0 amide bonds. The topological polar surface area (TPSA) is 82.5 Å². The second-order valence-corrected chi connectivity index (χ2v) is 8.25. The van der Waals surface area contributed by atoms with E-state index in [0.717, 1.165) is 16.9 Å². The van der Waals surface area contributed by atoms with Crippen LogP contribution in [0.1, 0.15) is 32.0 Å². The van der Waals surface area contributed by atoms with E-state index in [0.29, 0.717) is 17.3 Å². The summed E-state index contributed by atoms with van der Waals surface area (Å²) in [5, 5.41) is 13.3. The second-order valence-electron chi connectivity index (χ2n) is 7.81. The maximum Gasteiger partial charge on any atom is 0.337 e. The number of benzene rings is 3. The van der Waals surface area contributed by atoms with Crippen LogP contribution in [0.15, 0.2) is 85.1 Å². The Morgan fingerprint density at radius 3 is 2.29 bits per heavy atom. The Bertz CT molecular complexity index is 1360. The highest BCUT2D eigenvalue weighted by Gasteiger charge is 2.17. The molecule has 0 spiro atoms. The molecule has 0 radical (unpaired) electrons. The van der Waals surface area contributed by atoms with Crippen LogP contribution in [0, 0.1) is 5.82 Å². The molecule has 0 aliphatic carbocycles. The third-order valence-corrected chi connectivity index (χ3v) is 5.74. The number of aromatic nitrogens is 1. The molecule has 2 N–H and O–H groups in total. The molecule has 0 aliphatic heterocycles. The molecule has 0 saturated carbocycles. The Morgan fingerprint density at radius 1 is 0.971 bits per heavy atom. The summed E-state index contributed by atoms with van der Waals surface area (Å²) < 4.78 is 13.1. The molecule has 6 nitrogen and oxygen atoms in total. The van der Waals surface area contributed by atoms with Crippen molar-refractivity contribution in [2.24, 2.45) is 0 Å². The van der Waals surface area contributed by atoms with Gasteiger partial charge in [0.1, 0.15) is 11.5 Å². The summed E-state index contributed by atoms with van der Waals surface area (Å²) in [7, 11) is 1.87. The zero-order valence-electron chi connectivity index (χ0n) is 18.7. The molecule has 3 aromatic carbocycles. The molecule has 1 aromatic heterocycles. The van der Waals surface area contributed by atoms with E-state index in [1.165, 1.54) is 18.2 Å². The Morgan fingerprint density at radius 2 is 1.66 bits per heavy atom. The number of aromatic carboxylic acids is 1. The number of pyridine rings is 1. The zero-order chi connectivity index (χ0) is 24.9. The van der Waals surface area contributed by atoms with Crippen molar-refractivity contribution in [1.29, 1.82) is 0 Å². The number of carbonyl (C=O) groups is 2. The molecular weight excluding hydrogens is 469 g/mol. The van der Waals surface area contributed by atoms with Crippen molar-refractivity contribution in [3.63, 3.8) is 0 Å². The summed E-state index contributed by atoms with van der Waals surface area (Å²) in [6, 6.07) is 21.0. The van der Waals surface area contributed by atoms with Gasteiger partial charge in [0.15, 0.2) is 0 Å². The minimum absolute atomic E-state index is 0.0444. The summed E-state index contributed by atoms with van der Waals surface area (Å²) in [6.07, 6.45) is 1.58. The van der Waals surface area contributed by atoms with Crippen LogP contribution in [0.4, 0.5) is 21.5 Å². The molecule has 0 saturated heterocycles. The number of nitrogens with one attached hydrogen (secondary N) is 1. The fourth-order valence-electron chi connectivity index (χ4n) is 3.50. The van der Waals surface area contributed by atoms with Crippen LogP contribution in [0.25, 0.3) is 0 Å². The molecule has 4 rings (SSSR count). The Kier molecular flexibility index (Phi) is 7.08. The molecule has 176 valence electrons. The van der Waals surface area contributed by atoms with Crippen LogP contribution < -0.4 is 10.2 Å². The predicted octanol–water partition coefficient (Wildman–Crippen LogP) is 6.18. The van der Waals surface area contributed by atoms with E-state index in [9.17, 15) is 19.1 Å². The largest absolute Gasteiger partial charge is 0.478 e. The third kappa shape index (κ3) is 5.65. The number of carboxylic acids is 1. The Labute approximate surface area is 206 Å². The second kappa shape index (κ2) is 10.4. The lowest BCUT2D eigenvalue weighted by Gasteiger charge is -2.19. The molecule has 0 atom stereocenters. The van der Waals surface area contributed by atoms with Gasteiger partial charge >= 0.3 is 5.97 Å². The minimum atomic E-state index is -1.17. The van der Waals surface area contributed by atoms with Gasteiger partial charge < -0.3 is 15.3 Å². The van der Waals surface area contributed by atoms with Crippen molar-refractivity contribution in [2.45, 2.75) is 6.54 Å². The highest BCUT2D eigenvalue weighted by molar-refractivity contribution is 6.30. The minimum Gasteiger partial charge on any atom is -0.478 e. The molecule has 1 heterocycles. The van der Waals surface area contributed by atoms with Crippen molar-refractivity contribution in [3.8, 4) is 0 Å². The quantitative estimate of drug-likeness (QED) is 0.287. The number of hydrogen-bond donors (Lipinski definition) is 2. The normalized spacial score (nSPS) is 10.6. The van der Waals surface area contributed by atoms with Gasteiger partial charge in [0.25, 0.3) is 0 Å². The fraction of sp³-hybridized carbons (Fsp3) is 0.0741. The molecule has 0 fully saturated rings. The standard InChI is InChI=1S/C27H21ClFN3O3/c1-32(21-9-5-19(28)6-10-21)22-11-13-25(31-16-22)26(33)18-4-12-24(23(14-18)27(34)35)30-15-17-2-7-20(29)8-3-17/h2-14,16,30H,15H2,1H3,(H,34,35). The Hall–Kier alpha value is -4.23. The van der Waals surface area contributed by atoms with Crippen LogP contribution in [0.5, 0.6) is 0 Å². The van der Waals surface area contributed by atoms with E-state index < -0.39 is 11.8 Å². The summed E-state index contributed by atoms with van der Waals surface area (Å²) >= 11 is 5.95. The van der Waals surface area contributed by atoms with Gasteiger partial charge in [-0.15, -0.1) is 0 Å². The molecule has 4 aromatic rings. The van der Waals surface area contributed by atoms with E-state index in [1.807, 2.05) is 24.1 Å². The van der Waals surface area contributed by atoms with Gasteiger partial charge in [-0.25, -0.2) is 9.18 Å². The van der Waals surface area contributed by atoms with Crippen LogP contribution in [-0.2, 0) is 6.54 Å². The number of nitrogens with zero attached hydrogens (tertiary/aromatic N) is 2. The molecule has 0 bridgehead atoms. The lowest BCUT2D eigenvalue weighted by Crippen LogP contribution is -2.12. The van der Waals surface area contributed by atoms with Gasteiger partial charge in [0.2, 0.25) is 5.78 Å². The summed E-state index contributed by atoms with van der Waals surface area (Å²) in [5.74, 6) is -1.91. The monoisotopic (exact) mass is 489 g/mol. The van der Waals surface area contributed by atoms with Crippen LogP contribution in [0.3, 0.4) is 0 Å².